The molecule has 4 heteroatoms. The van der Waals surface area contributed by atoms with Crippen molar-refractivity contribution in [2.24, 2.45) is 4.99 Å². The Labute approximate surface area is 108 Å². The van der Waals surface area contributed by atoms with Gasteiger partial charge in [-0.3, -0.25) is 0 Å². The molecule has 0 spiro atoms. The Morgan fingerprint density at radius 3 is 2.61 bits per heavy atom. The van der Waals surface area contributed by atoms with Crippen LogP contribution in [-0.2, 0) is 0 Å². The van der Waals surface area contributed by atoms with Gasteiger partial charge in [-0.15, -0.1) is 0 Å². The third kappa shape index (κ3) is 2.24. The number of rotatable bonds is 2. The summed E-state index contributed by atoms with van der Waals surface area (Å²) in [6, 6.07) is 14.9. The molecule has 18 heavy (non-hydrogen) atoms. The molecular weight excluding hydrogens is 244 g/mol. The summed E-state index contributed by atoms with van der Waals surface area (Å²) in [7, 11) is 0. The van der Waals surface area contributed by atoms with E-state index in [4.69, 9.17) is 0 Å². The van der Waals surface area contributed by atoms with E-state index in [9.17, 15) is 5.11 Å². The Bertz CT molecular complexity index is 668. The zero-order chi connectivity index (χ0) is 12.4. The minimum atomic E-state index is 0.257. The minimum Gasteiger partial charge on any atom is -0.508 e. The van der Waals surface area contributed by atoms with E-state index in [2.05, 4.69) is 9.98 Å². The third-order valence-corrected chi connectivity index (χ3v) is 3.44. The van der Waals surface area contributed by atoms with Crippen LogP contribution < -0.4 is 0 Å². The van der Waals surface area contributed by atoms with Crippen LogP contribution in [0.25, 0.3) is 10.2 Å². The molecule has 3 nitrogen and oxygen atoms in total. The van der Waals surface area contributed by atoms with Gasteiger partial charge in [0.15, 0.2) is 0 Å². The average molecular weight is 254 g/mol. The zero-order valence-corrected chi connectivity index (χ0v) is 10.3. The summed E-state index contributed by atoms with van der Waals surface area (Å²) in [5.41, 5.74) is 1.91. The molecule has 0 atom stereocenters. The Morgan fingerprint density at radius 1 is 1.06 bits per heavy atom. The minimum absolute atomic E-state index is 0.257. The van der Waals surface area contributed by atoms with E-state index < -0.39 is 0 Å². The van der Waals surface area contributed by atoms with Crippen LogP contribution >= 0.6 is 11.3 Å². The molecule has 88 valence electrons. The van der Waals surface area contributed by atoms with Gasteiger partial charge in [0.05, 0.1) is 10.2 Å². The molecule has 1 N–H and O–H groups in total. The highest BCUT2D eigenvalue weighted by Gasteiger charge is 2.00. The maximum Gasteiger partial charge on any atom is 0.210 e. The lowest BCUT2D eigenvalue weighted by atomic mass is 10.2. The normalized spacial score (nSPS) is 11.3. The van der Waals surface area contributed by atoms with E-state index in [0.29, 0.717) is 0 Å². The van der Waals surface area contributed by atoms with E-state index in [1.807, 2.05) is 36.4 Å². The molecule has 0 aliphatic heterocycles. The number of benzene rings is 2. The first-order valence-corrected chi connectivity index (χ1v) is 6.31. The fraction of sp³-hybridized carbons (Fsp3) is 0. The SMILES string of the molecule is Oc1ccc(/C=N/c2nc3ccccc3s2)cc1. The van der Waals surface area contributed by atoms with E-state index in [1.165, 1.54) is 0 Å². The van der Waals surface area contributed by atoms with Crippen LogP contribution in [0.15, 0.2) is 53.5 Å². The Hall–Kier alpha value is -2.20. The first-order chi connectivity index (χ1) is 8.81. The second kappa shape index (κ2) is 4.58. The molecule has 0 unspecified atom stereocenters. The van der Waals surface area contributed by atoms with Gasteiger partial charge >= 0.3 is 0 Å². The number of thiazole rings is 1. The lowest BCUT2D eigenvalue weighted by Crippen LogP contribution is -1.78. The molecule has 0 bridgehead atoms. The molecule has 0 amide bonds. The van der Waals surface area contributed by atoms with Gasteiger partial charge in [0.2, 0.25) is 5.13 Å². The second-order valence-electron chi connectivity index (χ2n) is 3.81. The number of hydrogen-bond donors (Lipinski definition) is 1. The highest BCUT2D eigenvalue weighted by atomic mass is 32.1. The smallest absolute Gasteiger partial charge is 0.210 e. The number of para-hydroxylation sites is 1. The van der Waals surface area contributed by atoms with E-state index in [1.54, 1.807) is 29.7 Å². The van der Waals surface area contributed by atoms with Gasteiger partial charge in [0.25, 0.3) is 0 Å². The topological polar surface area (TPSA) is 45.5 Å². The molecule has 0 aliphatic carbocycles. The van der Waals surface area contributed by atoms with Crippen molar-refractivity contribution in [3.8, 4) is 5.75 Å². The number of aromatic nitrogens is 1. The van der Waals surface area contributed by atoms with Crippen molar-refractivity contribution in [3.05, 3.63) is 54.1 Å². The quantitative estimate of drug-likeness (QED) is 0.708. The van der Waals surface area contributed by atoms with Crippen molar-refractivity contribution in [1.82, 2.24) is 4.98 Å². The monoisotopic (exact) mass is 254 g/mol. The molecular formula is C14H10N2OS. The molecule has 3 rings (SSSR count). The summed E-state index contributed by atoms with van der Waals surface area (Å²) in [6.07, 6.45) is 1.75. The van der Waals surface area contributed by atoms with Crippen LogP contribution in [0.2, 0.25) is 0 Å². The number of fused-ring (bicyclic) bond motifs is 1. The van der Waals surface area contributed by atoms with Gasteiger partial charge < -0.3 is 5.11 Å². The number of phenols is 1. The predicted molar refractivity (Wildman–Crippen MR) is 75.0 cm³/mol. The molecule has 3 aromatic rings. The lowest BCUT2D eigenvalue weighted by molar-refractivity contribution is 0.475. The molecule has 0 fully saturated rings. The molecule has 0 saturated carbocycles. The average Bonchev–Trinajstić information content (AvgIpc) is 2.81. The number of aliphatic imine (C=N–C) groups is 1. The first-order valence-electron chi connectivity index (χ1n) is 5.50. The van der Waals surface area contributed by atoms with Crippen molar-refractivity contribution in [2.45, 2.75) is 0 Å². The number of aromatic hydroxyl groups is 1. The van der Waals surface area contributed by atoms with Crippen LogP contribution in [0.4, 0.5) is 5.13 Å². The van der Waals surface area contributed by atoms with Crippen LogP contribution in [0.1, 0.15) is 5.56 Å². The summed E-state index contributed by atoms with van der Waals surface area (Å²) in [5.74, 6) is 0.257. The van der Waals surface area contributed by atoms with Crippen molar-refractivity contribution in [1.29, 1.82) is 0 Å². The fourth-order valence-corrected chi connectivity index (χ4v) is 2.42. The van der Waals surface area contributed by atoms with Crippen LogP contribution in [0, 0.1) is 0 Å². The predicted octanol–water partition coefficient (Wildman–Crippen LogP) is 3.75. The largest absolute Gasteiger partial charge is 0.508 e. The maximum absolute atomic E-state index is 9.18. The lowest BCUT2D eigenvalue weighted by Gasteiger charge is -1.92. The number of phenolic OH excluding ortho intramolecular Hbond substituents is 1. The van der Waals surface area contributed by atoms with Crippen molar-refractivity contribution in [3.63, 3.8) is 0 Å². The van der Waals surface area contributed by atoms with Crippen molar-refractivity contribution < 1.29 is 5.11 Å². The van der Waals surface area contributed by atoms with Crippen molar-refractivity contribution >= 4 is 32.9 Å². The van der Waals surface area contributed by atoms with Crippen molar-refractivity contribution in [2.75, 3.05) is 0 Å². The van der Waals surface area contributed by atoms with Gasteiger partial charge in [0.1, 0.15) is 5.75 Å². The highest BCUT2D eigenvalue weighted by Crippen LogP contribution is 2.27. The molecule has 1 heterocycles. The summed E-state index contributed by atoms with van der Waals surface area (Å²) in [5, 5.41) is 9.92. The van der Waals surface area contributed by atoms with Crippen LogP contribution in [0.3, 0.4) is 0 Å². The van der Waals surface area contributed by atoms with E-state index >= 15 is 0 Å². The summed E-state index contributed by atoms with van der Waals surface area (Å²) < 4.78 is 1.13. The van der Waals surface area contributed by atoms with Crippen LogP contribution in [0.5, 0.6) is 5.75 Å². The molecule has 1 aromatic heterocycles. The van der Waals surface area contributed by atoms with Gasteiger partial charge in [-0.25, -0.2) is 9.98 Å². The molecule has 2 aromatic carbocycles. The standard InChI is InChI=1S/C14H10N2OS/c17-11-7-5-10(6-8-11)9-15-14-16-12-3-1-2-4-13(12)18-14/h1-9,17H/b15-9+. The second-order valence-corrected chi connectivity index (χ2v) is 4.82. The van der Waals surface area contributed by atoms with Crippen LogP contribution in [-0.4, -0.2) is 16.3 Å². The van der Waals surface area contributed by atoms with Gasteiger partial charge in [-0.2, -0.15) is 0 Å². The highest BCUT2D eigenvalue weighted by molar-refractivity contribution is 7.22. The Kier molecular flexibility index (Phi) is 2.78. The van der Waals surface area contributed by atoms with Gasteiger partial charge in [-0.1, -0.05) is 23.5 Å². The number of hydrogen-bond acceptors (Lipinski definition) is 4. The molecule has 0 saturated heterocycles. The fourth-order valence-electron chi connectivity index (χ4n) is 1.61. The molecule has 0 aliphatic rings. The number of nitrogens with zero attached hydrogens (tertiary/aromatic N) is 2. The summed E-state index contributed by atoms with van der Waals surface area (Å²) in [6.45, 7) is 0. The Morgan fingerprint density at radius 2 is 1.83 bits per heavy atom. The van der Waals surface area contributed by atoms with E-state index in [0.717, 1.165) is 20.9 Å². The summed E-state index contributed by atoms with van der Waals surface area (Å²) >= 11 is 1.56. The van der Waals surface area contributed by atoms with Gasteiger partial charge in [0, 0.05) is 6.21 Å². The van der Waals surface area contributed by atoms with E-state index in [-0.39, 0.29) is 5.75 Å². The summed E-state index contributed by atoms with van der Waals surface area (Å²) in [4.78, 5) is 8.76. The van der Waals surface area contributed by atoms with Gasteiger partial charge in [-0.05, 0) is 42.0 Å². The maximum atomic E-state index is 9.18. The Balaban J connectivity index is 1.89. The first kappa shape index (κ1) is 10.9. The zero-order valence-electron chi connectivity index (χ0n) is 9.45. The third-order valence-electron chi connectivity index (χ3n) is 2.50. The molecule has 0 radical (unpaired) electrons.